The average molecular weight is 461 g/mol. The van der Waals surface area contributed by atoms with Gasteiger partial charge >= 0.3 is 0 Å². The Morgan fingerprint density at radius 2 is 1.91 bits per heavy atom. The number of hydrogen-bond donors (Lipinski definition) is 1. The lowest BCUT2D eigenvalue weighted by molar-refractivity contribution is -0.122. The van der Waals surface area contributed by atoms with Crippen molar-refractivity contribution < 1.29 is 32.2 Å². The number of ether oxygens (including phenoxy) is 3. The number of fused-ring (bicyclic) bond motifs is 1. The first kappa shape index (κ1) is 21.9. The van der Waals surface area contributed by atoms with E-state index < -0.39 is 21.8 Å². The number of carbonyl (C=O) groups is 2. The molecule has 1 fully saturated rings. The first-order chi connectivity index (χ1) is 15.2. The highest BCUT2D eigenvalue weighted by Crippen LogP contribution is 2.37. The molecule has 1 saturated heterocycles. The summed E-state index contributed by atoms with van der Waals surface area (Å²) in [5.74, 6) is 0.250. The number of carbonyl (C=O) groups excluding carboxylic acids is 2. The lowest BCUT2D eigenvalue weighted by Gasteiger charge is -2.18. The Morgan fingerprint density at radius 3 is 2.62 bits per heavy atom. The Hall–Kier alpha value is -3.31. The minimum Gasteiger partial charge on any atom is -0.495 e. The summed E-state index contributed by atoms with van der Waals surface area (Å²) in [4.78, 5) is 27.1. The molecule has 0 saturated carbocycles. The van der Waals surface area contributed by atoms with Crippen molar-refractivity contribution in [3.05, 3.63) is 36.4 Å². The third kappa shape index (κ3) is 3.96. The summed E-state index contributed by atoms with van der Waals surface area (Å²) >= 11 is 0. The van der Waals surface area contributed by atoms with Crippen molar-refractivity contribution in [1.29, 1.82) is 0 Å². The summed E-state index contributed by atoms with van der Waals surface area (Å²) in [6.45, 7) is 0.310. The van der Waals surface area contributed by atoms with Crippen molar-refractivity contribution in [2.24, 2.45) is 5.92 Å². The number of hydrogen-bond acceptors (Lipinski definition) is 7. The average Bonchev–Trinajstić information content (AvgIpc) is 3.39. The van der Waals surface area contributed by atoms with Crippen LogP contribution in [0.3, 0.4) is 0 Å². The van der Waals surface area contributed by atoms with E-state index in [2.05, 4.69) is 5.32 Å². The number of nitrogens with zero attached hydrogens (tertiary/aromatic N) is 2. The van der Waals surface area contributed by atoms with Crippen molar-refractivity contribution in [2.45, 2.75) is 11.3 Å². The Bertz CT molecular complexity index is 1180. The van der Waals surface area contributed by atoms with Gasteiger partial charge in [-0.1, -0.05) is 0 Å². The molecule has 0 radical (unpaired) electrons. The summed E-state index contributed by atoms with van der Waals surface area (Å²) < 4.78 is 41.9. The number of methoxy groups -OCH3 is 1. The second-order valence-electron chi connectivity index (χ2n) is 7.58. The molecule has 0 spiro atoms. The molecule has 10 nitrogen and oxygen atoms in total. The van der Waals surface area contributed by atoms with Gasteiger partial charge in [0.2, 0.25) is 28.6 Å². The summed E-state index contributed by atoms with van der Waals surface area (Å²) in [5, 5.41) is 2.72. The quantitative estimate of drug-likeness (QED) is 0.696. The van der Waals surface area contributed by atoms with Gasteiger partial charge in [0.05, 0.1) is 23.6 Å². The number of sulfonamides is 1. The molecule has 2 aromatic carbocycles. The van der Waals surface area contributed by atoms with Crippen LogP contribution in [0, 0.1) is 5.92 Å². The summed E-state index contributed by atoms with van der Waals surface area (Å²) in [6.07, 6.45) is 0.0261. The molecule has 2 aromatic rings. The maximum atomic E-state index is 12.9. The molecule has 11 heteroatoms. The van der Waals surface area contributed by atoms with Gasteiger partial charge in [-0.15, -0.1) is 0 Å². The summed E-state index contributed by atoms with van der Waals surface area (Å²) in [5.41, 5.74) is 0.834. The van der Waals surface area contributed by atoms with Crippen molar-refractivity contribution in [2.75, 3.05) is 44.8 Å². The van der Waals surface area contributed by atoms with E-state index in [1.807, 2.05) is 0 Å². The molecule has 4 rings (SSSR count). The van der Waals surface area contributed by atoms with Crippen LogP contribution in [0.1, 0.15) is 6.42 Å². The summed E-state index contributed by atoms with van der Waals surface area (Å²) in [7, 11) is 0.573. The predicted molar refractivity (Wildman–Crippen MR) is 116 cm³/mol. The van der Waals surface area contributed by atoms with Gasteiger partial charge in [0.1, 0.15) is 5.75 Å². The highest BCUT2D eigenvalue weighted by molar-refractivity contribution is 7.89. The minimum atomic E-state index is -3.70. The zero-order valence-corrected chi connectivity index (χ0v) is 18.6. The highest BCUT2D eigenvalue weighted by Gasteiger charge is 2.36. The van der Waals surface area contributed by atoms with Gasteiger partial charge in [0, 0.05) is 38.8 Å². The van der Waals surface area contributed by atoms with Crippen LogP contribution in [0.2, 0.25) is 0 Å². The van der Waals surface area contributed by atoms with Crippen molar-refractivity contribution in [3.8, 4) is 17.2 Å². The molecule has 1 unspecified atom stereocenters. The molecule has 2 amide bonds. The molecule has 0 aromatic heterocycles. The first-order valence-corrected chi connectivity index (χ1v) is 11.3. The van der Waals surface area contributed by atoms with E-state index in [1.165, 1.54) is 44.3 Å². The third-order valence-corrected chi connectivity index (χ3v) is 7.18. The van der Waals surface area contributed by atoms with Crippen LogP contribution in [0.25, 0.3) is 0 Å². The molecule has 0 bridgehead atoms. The Labute approximate surface area is 185 Å². The second kappa shape index (κ2) is 8.32. The van der Waals surface area contributed by atoms with E-state index in [9.17, 15) is 18.0 Å². The van der Waals surface area contributed by atoms with Gasteiger partial charge in [-0.2, -0.15) is 0 Å². The highest BCUT2D eigenvalue weighted by atomic mass is 32.2. The molecule has 1 atom stereocenters. The summed E-state index contributed by atoms with van der Waals surface area (Å²) in [6, 6.07) is 9.40. The van der Waals surface area contributed by atoms with E-state index >= 15 is 0 Å². The van der Waals surface area contributed by atoms with Crippen molar-refractivity contribution >= 4 is 33.2 Å². The second-order valence-corrected chi connectivity index (χ2v) is 9.73. The first-order valence-electron chi connectivity index (χ1n) is 9.82. The van der Waals surface area contributed by atoms with Crippen LogP contribution in [0.5, 0.6) is 17.2 Å². The number of anilines is 2. The van der Waals surface area contributed by atoms with Gasteiger partial charge in [0.25, 0.3) is 0 Å². The molecular weight excluding hydrogens is 438 g/mol. The zero-order valence-electron chi connectivity index (χ0n) is 17.8. The Balaban J connectivity index is 1.53. The topological polar surface area (TPSA) is 114 Å². The number of benzene rings is 2. The molecule has 0 aliphatic carbocycles. The fraction of sp³-hybridized carbons (Fsp3) is 0.333. The normalized spacial score (nSPS) is 17.7. The van der Waals surface area contributed by atoms with Gasteiger partial charge < -0.3 is 24.4 Å². The Morgan fingerprint density at radius 1 is 1.16 bits per heavy atom. The van der Waals surface area contributed by atoms with Crippen LogP contribution in [0.4, 0.5) is 11.4 Å². The molecule has 2 aliphatic rings. The number of rotatable bonds is 6. The third-order valence-electron chi connectivity index (χ3n) is 5.37. The molecule has 1 N–H and O–H groups in total. The van der Waals surface area contributed by atoms with Crippen LogP contribution < -0.4 is 24.4 Å². The largest absolute Gasteiger partial charge is 0.495 e. The Kier molecular flexibility index (Phi) is 5.70. The molecule has 170 valence electrons. The van der Waals surface area contributed by atoms with E-state index in [0.29, 0.717) is 22.9 Å². The molecule has 2 heterocycles. The van der Waals surface area contributed by atoms with Gasteiger partial charge in [-0.25, -0.2) is 12.7 Å². The van der Waals surface area contributed by atoms with Crippen molar-refractivity contribution in [3.63, 3.8) is 0 Å². The van der Waals surface area contributed by atoms with Crippen LogP contribution >= 0.6 is 0 Å². The van der Waals surface area contributed by atoms with E-state index in [4.69, 9.17) is 14.2 Å². The molecule has 32 heavy (non-hydrogen) atoms. The smallest absolute Gasteiger partial charge is 0.242 e. The van der Waals surface area contributed by atoms with E-state index in [-0.39, 0.29) is 36.2 Å². The maximum Gasteiger partial charge on any atom is 0.242 e. The zero-order chi connectivity index (χ0) is 23.0. The SMILES string of the molecule is COc1ccc(S(=O)(=O)N(C)C)cc1NC(=O)C1CC(=O)N(c2ccc3c(c2)OCO3)C1. The van der Waals surface area contributed by atoms with Crippen LogP contribution in [-0.2, 0) is 19.6 Å². The molecule has 2 aliphatic heterocycles. The number of amides is 2. The minimum absolute atomic E-state index is 0.0167. The van der Waals surface area contributed by atoms with E-state index in [0.717, 1.165) is 4.31 Å². The monoisotopic (exact) mass is 461 g/mol. The van der Waals surface area contributed by atoms with Crippen molar-refractivity contribution in [1.82, 2.24) is 4.31 Å². The van der Waals surface area contributed by atoms with Gasteiger partial charge in [-0.05, 0) is 30.3 Å². The van der Waals surface area contributed by atoms with E-state index in [1.54, 1.807) is 18.2 Å². The maximum absolute atomic E-state index is 12.9. The van der Waals surface area contributed by atoms with Gasteiger partial charge in [-0.3, -0.25) is 9.59 Å². The standard InChI is InChI=1S/C21H23N3O7S/c1-23(2)32(27,28)15-5-7-17(29-3)16(10-15)22-21(26)13-8-20(25)24(11-13)14-4-6-18-19(9-14)31-12-30-18/h4-7,9-10,13H,8,11-12H2,1-3H3,(H,22,26). The van der Waals surface area contributed by atoms with Crippen LogP contribution in [0.15, 0.2) is 41.3 Å². The van der Waals surface area contributed by atoms with Crippen LogP contribution in [-0.4, -0.2) is 59.1 Å². The lowest BCUT2D eigenvalue weighted by Crippen LogP contribution is -2.28. The number of nitrogens with one attached hydrogen (secondary N) is 1. The van der Waals surface area contributed by atoms with Gasteiger partial charge in [0.15, 0.2) is 11.5 Å². The predicted octanol–water partition coefficient (Wildman–Crippen LogP) is 1.67. The molecular formula is C21H23N3O7S. The lowest BCUT2D eigenvalue weighted by atomic mass is 10.1. The fourth-order valence-electron chi connectivity index (χ4n) is 3.58. The fourth-order valence-corrected chi connectivity index (χ4v) is 4.51.